The van der Waals surface area contributed by atoms with E-state index in [1.807, 2.05) is 13.0 Å². The van der Waals surface area contributed by atoms with Crippen LogP contribution in [0.3, 0.4) is 0 Å². The third-order valence-corrected chi connectivity index (χ3v) is 5.54. The van der Waals surface area contributed by atoms with Gasteiger partial charge in [-0.25, -0.2) is 15.0 Å². The molecule has 6 nitrogen and oxygen atoms in total. The normalized spacial score (nSPS) is 11.5. The topological polar surface area (TPSA) is 67.1 Å². The first-order valence-corrected chi connectivity index (χ1v) is 10.3. The van der Waals surface area contributed by atoms with Gasteiger partial charge in [-0.1, -0.05) is 12.1 Å². The lowest BCUT2D eigenvalue weighted by Crippen LogP contribution is -2.38. The molecule has 0 unspecified atom stereocenters. The van der Waals surface area contributed by atoms with Crippen molar-refractivity contribution < 1.29 is 0 Å². The number of rotatable bonds is 7. The molecule has 1 aromatic carbocycles. The van der Waals surface area contributed by atoms with Crippen LogP contribution in [0.25, 0.3) is 11.0 Å². The second kappa shape index (κ2) is 10.8. The van der Waals surface area contributed by atoms with Crippen molar-refractivity contribution in [2.75, 3.05) is 13.1 Å². The van der Waals surface area contributed by atoms with Crippen molar-refractivity contribution in [3.63, 3.8) is 0 Å². The third-order valence-electron chi connectivity index (χ3n) is 4.49. The van der Waals surface area contributed by atoms with Gasteiger partial charge in [-0.15, -0.1) is 35.3 Å². The van der Waals surface area contributed by atoms with Gasteiger partial charge in [0.2, 0.25) is 0 Å². The van der Waals surface area contributed by atoms with E-state index in [-0.39, 0.29) is 24.0 Å². The minimum absolute atomic E-state index is 0. The standard InChI is InChI=1S/C20H28N6S.HI/c1-5-21-20(23-13-19-24-14(2)15(3)27-19)22-11-8-12-26-16(4)25-17-9-6-7-10-18(17)26;/h6-7,9-10H,5,8,11-13H2,1-4H3,(H2,21,22,23);1H. The van der Waals surface area contributed by atoms with Gasteiger partial charge in [-0.05, 0) is 46.2 Å². The molecule has 152 valence electrons. The molecule has 0 amide bonds. The van der Waals surface area contributed by atoms with E-state index in [4.69, 9.17) is 0 Å². The molecule has 0 bridgehead atoms. The number of thiazole rings is 1. The third kappa shape index (κ3) is 5.66. The van der Waals surface area contributed by atoms with Crippen LogP contribution >= 0.6 is 35.3 Å². The van der Waals surface area contributed by atoms with E-state index in [1.165, 1.54) is 10.4 Å². The summed E-state index contributed by atoms with van der Waals surface area (Å²) in [4.78, 5) is 15.1. The highest BCUT2D eigenvalue weighted by atomic mass is 127. The van der Waals surface area contributed by atoms with Crippen LogP contribution in [-0.2, 0) is 13.1 Å². The van der Waals surface area contributed by atoms with Crippen molar-refractivity contribution in [2.45, 2.75) is 47.2 Å². The Morgan fingerprint density at radius 1 is 1.14 bits per heavy atom. The van der Waals surface area contributed by atoms with Gasteiger partial charge in [0.1, 0.15) is 10.8 Å². The van der Waals surface area contributed by atoms with Crippen molar-refractivity contribution in [3.05, 3.63) is 45.7 Å². The van der Waals surface area contributed by atoms with Crippen LogP contribution < -0.4 is 10.6 Å². The maximum Gasteiger partial charge on any atom is 0.191 e. The summed E-state index contributed by atoms with van der Waals surface area (Å²) in [6, 6.07) is 8.29. The molecule has 2 N–H and O–H groups in total. The highest BCUT2D eigenvalue weighted by molar-refractivity contribution is 14.0. The fourth-order valence-corrected chi connectivity index (χ4v) is 3.88. The SMILES string of the molecule is CCNC(=NCc1nc(C)c(C)s1)NCCCn1c(C)nc2ccccc21.I. The second-order valence-electron chi connectivity index (χ2n) is 6.52. The molecular formula is C20H29IN6S. The highest BCUT2D eigenvalue weighted by Crippen LogP contribution is 2.17. The fourth-order valence-electron chi connectivity index (χ4n) is 3.02. The number of fused-ring (bicyclic) bond motifs is 1. The Kier molecular flexibility index (Phi) is 8.68. The largest absolute Gasteiger partial charge is 0.357 e. The molecule has 0 saturated carbocycles. The highest BCUT2D eigenvalue weighted by Gasteiger charge is 2.07. The zero-order valence-corrected chi connectivity index (χ0v) is 20.1. The number of guanidine groups is 1. The summed E-state index contributed by atoms with van der Waals surface area (Å²) in [5.74, 6) is 1.90. The van der Waals surface area contributed by atoms with E-state index in [2.05, 4.69) is 69.1 Å². The first kappa shape index (κ1) is 22.6. The molecule has 0 atom stereocenters. The average Bonchev–Trinajstić information content (AvgIpc) is 3.15. The lowest BCUT2D eigenvalue weighted by atomic mass is 10.3. The summed E-state index contributed by atoms with van der Waals surface area (Å²) in [5.41, 5.74) is 3.36. The molecule has 0 aliphatic rings. The number of halogens is 1. The van der Waals surface area contributed by atoms with Gasteiger partial charge in [0.25, 0.3) is 0 Å². The quantitative estimate of drug-likeness (QED) is 0.216. The van der Waals surface area contributed by atoms with E-state index in [0.29, 0.717) is 6.54 Å². The Morgan fingerprint density at radius 3 is 2.64 bits per heavy atom. The molecule has 2 heterocycles. The van der Waals surface area contributed by atoms with Gasteiger partial charge in [0.05, 0.1) is 23.3 Å². The van der Waals surface area contributed by atoms with E-state index in [1.54, 1.807) is 11.3 Å². The number of hydrogen-bond donors (Lipinski definition) is 2. The number of benzene rings is 1. The molecular weight excluding hydrogens is 483 g/mol. The molecule has 2 aromatic heterocycles. The van der Waals surface area contributed by atoms with E-state index in [9.17, 15) is 0 Å². The fraction of sp³-hybridized carbons (Fsp3) is 0.450. The monoisotopic (exact) mass is 512 g/mol. The molecule has 0 fully saturated rings. The Morgan fingerprint density at radius 2 is 1.93 bits per heavy atom. The lowest BCUT2D eigenvalue weighted by molar-refractivity contribution is 0.624. The first-order valence-electron chi connectivity index (χ1n) is 9.45. The second-order valence-corrected chi connectivity index (χ2v) is 7.81. The number of nitrogens with zero attached hydrogens (tertiary/aromatic N) is 4. The van der Waals surface area contributed by atoms with Gasteiger partial charge in [-0.3, -0.25) is 0 Å². The molecule has 0 saturated heterocycles. The number of nitrogens with one attached hydrogen (secondary N) is 2. The van der Waals surface area contributed by atoms with Crippen molar-refractivity contribution >= 4 is 52.3 Å². The van der Waals surface area contributed by atoms with Gasteiger partial charge >= 0.3 is 0 Å². The number of para-hydroxylation sites is 2. The number of aryl methyl sites for hydroxylation is 4. The Balaban J connectivity index is 0.00000280. The predicted molar refractivity (Wildman–Crippen MR) is 129 cm³/mol. The van der Waals surface area contributed by atoms with Crippen LogP contribution in [0.15, 0.2) is 29.3 Å². The van der Waals surface area contributed by atoms with Gasteiger partial charge in [0, 0.05) is 24.5 Å². The van der Waals surface area contributed by atoms with Crippen LogP contribution in [-0.4, -0.2) is 33.6 Å². The number of aliphatic imine (C=N–C) groups is 1. The minimum atomic E-state index is 0. The van der Waals surface area contributed by atoms with Gasteiger partial charge in [-0.2, -0.15) is 0 Å². The van der Waals surface area contributed by atoms with Crippen LogP contribution in [0.5, 0.6) is 0 Å². The maximum absolute atomic E-state index is 4.66. The Labute approximate surface area is 187 Å². The molecule has 0 aliphatic carbocycles. The molecule has 28 heavy (non-hydrogen) atoms. The van der Waals surface area contributed by atoms with Gasteiger partial charge in [0.15, 0.2) is 5.96 Å². The van der Waals surface area contributed by atoms with Crippen molar-refractivity contribution in [1.29, 1.82) is 0 Å². The number of imidazole rings is 1. The summed E-state index contributed by atoms with van der Waals surface area (Å²) in [5, 5.41) is 7.79. The maximum atomic E-state index is 4.66. The van der Waals surface area contributed by atoms with Crippen molar-refractivity contribution in [1.82, 2.24) is 25.2 Å². The van der Waals surface area contributed by atoms with Crippen LogP contribution in [0.4, 0.5) is 0 Å². The molecule has 0 aliphatic heterocycles. The average molecular weight is 512 g/mol. The summed E-state index contributed by atoms with van der Waals surface area (Å²) < 4.78 is 2.28. The summed E-state index contributed by atoms with van der Waals surface area (Å²) in [7, 11) is 0. The smallest absolute Gasteiger partial charge is 0.191 e. The Hall–Kier alpha value is -1.68. The van der Waals surface area contributed by atoms with Crippen LogP contribution in [0, 0.1) is 20.8 Å². The molecule has 3 aromatic rings. The number of aromatic nitrogens is 3. The molecule has 0 radical (unpaired) electrons. The zero-order chi connectivity index (χ0) is 19.2. The lowest BCUT2D eigenvalue weighted by Gasteiger charge is -2.12. The minimum Gasteiger partial charge on any atom is -0.357 e. The molecule has 3 rings (SSSR count). The van der Waals surface area contributed by atoms with Crippen molar-refractivity contribution in [2.24, 2.45) is 4.99 Å². The summed E-state index contributed by atoms with van der Waals surface area (Å²) >= 11 is 1.72. The van der Waals surface area contributed by atoms with E-state index in [0.717, 1.165) is 54.1 Å². The van der Waals surface area contributed by atoms with Crippen LogP contribution in [0.2, 0.25) is 0 Å². The first-order chi connectivity index (χ1) is 13.1. The molecule has 0 spiro atoms. The van der Waals surface area contributed by atoms with E-state index >= 15 is 0 Å². The zero-order valence-electron chi connectivity index (χ0n) is 17.0. The Bertz CT molecular complexity index is 911. The summed E-state index contributed by atoms with van der Waals surface area (Å²) in [6.45, 7) is 11.5. The predicted octanol–water partition coefficient (Wildman–Crippen LogP) is 4.18. The van der Waals surface area contributed by atoms with Crippen molar-refractivity contribution in [3.8, 4) is 0 Å². The van der Waals surface area contributed by atoms with Crippen LogP contribution in [0.1, 0.15) is 34.7 Å². The number of hydrogen-bond acceptors (Lipinski definition) is 4. The van der Waals surface area contributed by atoms with Gasteiger partial charge < -0.3 is 15.2 Å². The van der Waals surface area contributed by atoms with E-state index < -0.39 is 0 Å². The molecule has 8 heteroatoms. The summed E-state index contributed by atoms with van der Waals surface area (Å²) in [6.07, 6.45) is 1.00.